The van der Waals surface area contributed by atoms with Gasteiger partial charge < -0.3 is 10.4 Å². The zero-order valence-corrected chi connectivity index (χ0v) is 16.7. The number of para-hydroxylation sites is 1. The highest BCUT2D eigenvalue weighted by atomic mass is 79.9. The minimum atomic E-state index is -0.971. The van der Waals surface area contributed by atoms with E-state index < -0.39 is 5.97 Å². The molecule has 1 heterocycles. The lowest BCUT2D eigenvalue weighted by Crippen LogP contribution is -2.09. The number of carbonyl (C=O) groups is 1. The van der Waals surface area contributed by atoms with Gasteiger partial charge in [0.15, 0.2) is 0 Å². The van der Waals surface area contributed by atoms with Crippen LogP contribution >= 0.6 is 15.9 Å². The number of rotatable bonds is 4. The van der Waals surface area contributed by atoms with Gasteiger partial charge in [0, 0.05) is 0 Å². The van der Waals surface area contributed by atoms with E-state index in [0.717, 1.165) is 32.5 Å². The molecule has 0 aliphatic carbocycles. The third-order valence-electron chi connectivity index (χ3n) is 4.33. The second-order valence-electron chi connectivity index (χ2n) is 6.38. The fourth-order valence-corrected chi connectivity index (χ4v) is 3.21. The van der Waals surface area contributed by atoms with Gasteiger partial charge in [-0.15, -0.1) is 0 Å². The van der Waals surface area contributed by atoms with Crippen molar-refractivity contribution in [2.24, 2.45) is 0 Å². The SMILES string of the molecule is Cc1ccc(C)c(-n2nc(C)c(Br)c2Nc2c(C)cccc2C(=O)O)c1. The molecule has 26 heavy (non-hydrogen) atoms. The summed E-state index contributed by atoms with van der Waals surface area (Å²) in [5, 5.41) is 17.5. The first kappa shape index (κ1) is 18.2. The maximum Gasteiger partial charge on any atom is 0.337 e. The summed E-state index contributed by atoms with van der Waals surface area (Å²) in [7, 11) is 0. The lowest BCUT2D eigenvalue weighted by atomic mass is 10.1. The summed E-state index contributed by atoms with van der Waals surface area (Å²) in [6.45, 7) is 7.85. The first-order chi connectivity index (χ1) is 12.3. The number of hydrogen-bond donors (Lipinski definition) is 2. The van der Waals surface area contributed by atoms with E-state index in [4.69, 9.17) is 0 Å². The van der Waals surface area contributed by atoms with Gasteiger partial charge in [-0.05, 0) is 72.4 Å². The Kier molecular flexibility index (Phi) is 4.87. The maximum atomic E-state index is 11.6. The molecule has 0 radical (unpaired) electrons. The van der Waals surface area contributed by atoms with E-state index in [1.54, 1.807) is 12.1 Å². The second kappa shape index (κ2) is 6.96. The van der Waals surface area contributed by atoms with E-state index in [0.29, 0.717) is 11.5 Å². The minimum absolute atomic E-state index is 0.225. The molecule has 0 saturated carbocycles. The number of aryl methyl sites for hydroxylation is 4. The van der Waals surface area contributed by atoms with Gasteiger partial charge in [0.1, 0.15) is 5.82 Å². The Balaban J connectivity index is 2.19. The number of carboxylic acids is 1. The molecule has 3 rings (SSSR count). The molecule has 6 heteroatoms. The molecule has 3 aromatic rings. The van der Waals surface area contributed by atoms with Crippen LogP contribution in [-0.4, -0.2) is 20.9 Å². The molecule has 0 fully saturated rings. The lowest BCUT2D eigenvalue weighted by Gasteiger charge is -2.16. The predicted octanol–water partition coefficient (Wildman–Crippen LogP) is 5.31. The highest BCUT2D eigenvalue weighted by Crippen LogP contribution is 2.34. The van der Waals surface area contributed by atoms with Crippen molar-refractivity contribution in [3.05, 3.63) is 68.8 Å². The van der Waals surface area contributed by atoms with Gasteiger partial charge in [-0.25, -0.2) is 9.48 Å². The summed E-state index contributed by atoms with van der Waals surface area (Å²) >= 11 is 3.59. The topological polar surface area (TPSA) is 67.2 Å². The van der Waals surface area contributed by atoms with Crippen LogP contribution in [0.4, 0.5) is 11.5 Å². The Bertz CT molecular complexity index is 1010. The third kappa shape index (κ3) is 3.24. The fourth-order valence-electron chi connectivity index (χ4n) is 2.87. The molecule has 5 nitrogen and oxygen atoms in total. The van der Waals surface area contributed by atoms with Crippen LogP contribution in [-0.2, 0) is 0 Å². The van der Waals surface area contributed by atoms with Crippen molar-refractivity contribution in [3.63, 3.8) is 0 Å². The standard InChI is InChI=1S/C20H20BrN3O2/c1-11-8-9-12(2)16(10-11)24-19(17(21)14(4)23-24)22-18-13(3)6-5-7-15(18)20(25)26/h5-10,22H,1-4H3,(H,25,26). The van der Waals surface area contributed by atoms with Gasteiger partial charge >= 0.3 is 5.97 Å². The average Bonchev–Trinajstić information content (AvgIpc) is 2.86. The Morgan fingerprint density at radius 2 is 1.85 bits per heavy atom. The molecule has 0 unspecified atom stereocenters. The molecule has 2 aromatic carbocycles. The number of nitrogens with zero attached hydrogens (tertiary/aromatic N) is 2. The van der Waals surface area contributed by atoms with E-state index in [1.165, 1.54) is 0 Å². The molecule has 0 atom stereocenters. The quantitative estimate of drug-likeness (QED) is 0.607. The van der Waals surface area contributed by atoms with Crippen molar-refractivity contribution in [1.29, 1.82) is 0 Å². The van der Waals surface area contributed by atoms with Crippen molar-refractivity contribution in [1.82, 2.24) is 9.78 Å². The molecule has 1 aromatic heterocycles. The number of anilines is 2. The summed E-state index contributed by atoms with van der Waals surface area (Å²) in [6, 6.07) is 11.4. The molecule has 0 bridgehead atoms. The molecule has 0 spiro atoms. The van der Waals surface area contributed by atoms with E-state index in [9.17, 15) is 9.90 Å². The summed E-state index contributed by atoms with van der Waals surface area (Å²) in [5.74, 6) is -0.269. The van der Waals surface area contributed by atoms with Gasteiger partial charge in [0.25, 0.3) is 0 Å². The van der Waals surface area contributed by atoms with Gasteiger partial charge in [0.05, 0.1) is 27.1 Å². The van der Waals surface area contributed by atoms with Crippen LogP contribution in [0.3, 0.4) is 0 Å². The first-order valence-corrected chi connectivity index (χ1v) is 9.01. The highest BCUT2D eigenvalue weighted by Gasteiger charge is 2.19. The van der Waals surface area contributed by atoms with Gasteiger partial charge in [-0.1, -0.05) is 24.3 Å². The monoisotopic (exact) mass is 413 g/mol. The molecule has 0 aliphatic heterocycles. The van der Waals surface area contributed by atoms with Crippen LogP contribution in [0.15, 0.2) is 40.9 Å². The summed E-state index contributed by atoms with van der Waals surface area (Å²) < 4.78 is 2.62. The summed E-state index contributed by atoms with van der Waals surface area (Å²) in [5.41, 5.74) is 5.61. The fraction of sp³-hybridized carbons (Fsp3) is 0.200. The number of aromatic carboxylic acids is 1. The van der Waals surface area contributed by atoms with Crippen molar-refractivity contribution in [2.45, 2.75) is 27.7 Å². The van der Waals surface area contributed by atoms with Crippen molar-refractivity contribution < 1.29 is 9.90 Å². The molecular formula is C20H20BrN3O2. The predicted molar refractivity (Wildman–Crippen MR) is 107 cm³/mol. The normalized spacial score (nSPS) is 10.8. The average molecular weight is 414 g/mol. The Morgan fingerprint density at radius 1 is 1.12 bits per heavy atom. The Hall–Kier alpha value is -2.60. The summed E-state index contributed by atoms with van der Waals surface area (Å²) in [6.07, 6.45) is 0. The number of carboxylic acid groups (broad SMARTS) is 1. The smallest absolute Gasteiger partial charge is 0.337 e. The number of aromatic nitrogens is 2. The zero-order chi connectivity index (χ0) is 19.0. The van der Waals surface area contributed by atoms with Crippen molar-refractivity contribution in [3.8, 4) is 5.69 Å². The number of halogens is 1. The van der Waals surface area contributed by atoms with Crippen LogP contribution in [0, 0.1) is 27.7 Å². The Morgan fingerprint density at radius 3 is 2.54 bits per heavy atom. The van der Waals surface area contributed by atoms with E-state index in [-0.39, 0.29) is 5.56 Å². The van der Waals surface area contributed by atoms with Gasteiger partial charge in [-0.2, -0.15) is 5.10 Å². The maximum absolute atomic E-state index is 11.6. The van der Waals surface area contributed by atoms with Crippen molar-refractivity contribution >= 4 is 33.4 Å². The summed E-state index contributed by atoms with van der Waals surface area (Å²) in [4.78, 5) is 11.6. The largest absolute Gasteiger partial charge is 0.478 e. The van der Waals surface area contributed by atoms with Gasteiger partial charge in [-0.3, -0.25) is 0 Å². The van der Waals surface area contributed by atoms with Crippen LogP contribution in [0.25, 0.3) is 5.69 Å². The molecule has 0 aliphatic rings. The molecule has 134 valence electrons. The van der Waals surface area contributed by atoms with E-state index in [2.05, 4.69) is 44.5 Å². The van der Waals surface area contributed by atoms with Crippen LogP contribution in [0.2, 0.25) is 0 Å². The highest BCUT2D eigenvalue weighted by molar-refractivity contribution is 9.10. The molecular weight excluding hydrogens is 394 g/mol. The Labute approximate surface area is 160 Å². The third-order valence-corrected chi connectivity index (χ3v) is 5.28. The van der Waals surface area contributed by atoms with Gasteiger partial charge in [0.2, 0.25) is 0 Å². The molecule has 0 saturated heterocycles. The number of benzene rings is 2. The van der Waals surface area contributed by atoms with Crippen LogP contribution < -0.4 is 5.32 Å². The van der Waals surface area contributed by atoms with E-state index in [1.807, 2.05) is 38.4 Å². The van der Waals surface area contributed by atoms with E-state index >= 15 is 0 Å². The van der Waals surface area contributed by atoms with Crippen LogP contribution in [0.1, 0.15) is 32.7 Å². The van der Waals surface area contributed by atoms with Crippen LogP contribution in [0.5, 0.6) is 0 Å². The second-order valence-corrected chi connectivity index (χ2v) is 7.17. The first-order valence-electron chi connectivity index (χ1n) is 8.22. The molecule has 2 N–H and O–H groups in total. The zero-order valence-electron chi connectivity index (χ0n) is 15.1. The van der Waals surface area contributed by atoms with Crippen molar-refractivity contribution in [2.75, 3.05) is 5.32 Å². The minimum Gasteiger partial charge on any atom is -0.478 e. The number of nitrogens with one attached hydrogen (secondary N) is 1. The number of hydrogen-bond acceptors (Lipinski definition) is 3. The lowest BCUT2D eigenvalue weighted by molar-refractivity contribution is 0.0698. The molecule has 0 amide bonds.